The minimum atomic E-state index is -0.227. The predicted molar refractivity (Wildman–Crippen MR) is 87.8 cm³/mol. The summed E-state index contributed by atoms with van der Waals surface area (Å²) in [4.78, 5) is 11.1. The van der Waals surface area contributed by atoms with Gasteiger partial charge in [0.05, 0.1) is 0 Å². The van der Waals surface area contributed by atoms with Gasteiger partial charge < -0.3 is 0 Å². The summed E-state index contributed by atoms with van der Waals surface area (Å²) in [5, 5.41) is 2.07. The molecule has 6 heteroatoms. The highest BCUT2D eigenvalue weighted by Crippen LogP contribution is 2.31. The Morgan fingerprint density at radius 3 is 2.71 bits per heavy atom. The Labute approximate surface area is 135 Å². The summed E-state index contributed by atoms with van der Waals surface area (Å²) in [7, 11) is 0. The fraction of sp³-hybridized carbons (Fsp3) is 0.200. The van der Waals surface area contributed by atoms with Crippen LogP contribution in [0.1, 0.15) is 17.4 Å². The number of fused-ring (bicyclic) bond motifs is 1. The minimum Gasteiger partial charge on any atom is -0.211 e. The van der Waals surface area contributed by atoms with E-state index < -0.39 is 0 Å². The molecular formula is C15H12ClFN2S2. The smallest absolute Gasteiger partial charge is 0.190 e. The van der Waals surface area contributed by atoms with Crippen LogP contribution in [0.5, 0.6) is 0 Å². The molecule has 3 rings (SSSR count). The van der Waals surface area contributed by atoms with E-state index in [4.69, 9.17) is 11.6 Å². The zero-order chi connectivity index (χ0) is 14.8. The Morgan fingerprint density at radius 1 is 1.24 bits per heavy atom. The molecule has 0 radical (unpaired) electrons. The van der Waals surface area contributed by atoms with Crippen molar-refractivity contribution in [3.8, 4) is 0 Å². The average molecular weight is 339 g/mol. The van der Waals surface area contributed by atoms with E-state index in [9.17, 15) is 4.39 Å². The molecule has 0 saturated carbocycles. The third-order valence-electron chi connectivity index (χ3n) is 3.01. The zero-order valence-corrected chi connectivity index (χ0v) is 13.7. The molecule has 0 aliphatic rings. The zero-order valence-electron chi connectivity index (χ0n) is 11.3. The van der Waals surface area contributed by atoms with E-state index in [1.165, 1.54) is 28.8 Å². The Kier molecular flexibility index (Phi) is 4.42. The molecule has 0 saturated heterocycles. The first-order valence-corrected chi connectivity index (χ1v) is 8.67. The number of hydrogen-bond acceptors (Lipinski definition) is 4. The van der Waals surface area contributed by atoms with Crippen molar-refractivity contribution < 1.29 is 4.39 Å². The summed E-state index contributed by atoms with van der Waals surface area (Å²) >= 11 is 9.38. The molecule has 0 aliphatic carbocycles. The lowest BCUT2D eigenvalue weighted by Gasteiger charge is -2.02. The maximum Gasteiger partial charge on any atom is 0.190 e. The Morgan fingerprint density at radius 2 is 2.00 bits per heavy atom. The summed E-state index contributed by atoms with van der Waals surface area (Å²) < 4.78 is 12.9. The van der Waals surface area contributed by atoms with Crippen molar-refractivity contribution in [2.75, 3.05) is 0 Å². The van der Waals surface area contributed by atoms with Crippen molar-refractivity contribution in [3.05, 3.63) is 51.7 Å². The molecule has 0 aliphatic heterocycles. The summed E-state index contributed by atoms with van der Waals surface area (Å²) in [6.45, 7) is 2.11. The van der Waals surface area contributed by atoms with Crippen molar-refractivity contribution >= 4 is 44.9 Å². The van der Waals surface area contributed by atoms with Crippen LogP contribution in [0.25, 0.3) is 10.2 Å². The average Bonchev–Trinajstić information content (AvgIpc) is 2.90. The molecule has 0 spiro atoms. The number of thioether (sulfide) groups is 1. The van der Waals surface area contributed by atoms with Crippen LogP contribution in [-0.2, 0) is 12.2 Å². The first kappa shape index (κ1) is 14.8. The molecule has 108 valence electrons. The van der Waals surface area contributed by atoms with Gasteiger partial charge in [0.25, 0.3) is 0 Å². The highest BCUT2D eigenvalue weighted by Gasteiger charge is 2.10. The molecule has 2 heterocycles. The number of aryl methyl sites for hydroxylation is 1. The van der Waals surface area contributed by atoms with E-state index in [0.717, 1.165) is 22.2 Å². The molecule has 1 aromatic carbocycles. The molecule has 0 bridgehead atoms. The monoisotopic (exact) mass is 338 g/mol. The second-order valence-corrected chi connectivity index (χ2v) is 6.91. The molecule has 0 N–H and O–H groups in total. The lowest BCUT2D eigenvalue weighted by atomic mass is 10.2. The number of halogens is 2. The fourth-order valence-electron chi connectivity index (χ4n) is 1.89. The highest BCUT2D eigenvalue weighted by molar-refractivity contribution is 7.98. The van der Waals surface area contributed by atoms with Crippen LogP contribution in [-0.4, -0.2) is 9.97 Å². The van der Waals surface area contributed by atoms with Gasteiger partial charge in [0.15, 0.2) is 5.16 Å². The van der Waals surface area contributed by atoms with Crippen LogP contribution in [0.15, 0.2) is 35.5 Å². The van der Waals surface area contributed by atoms with Crippen LogP contribution in [0.4, 0.5) is 4.39 Å². The molecule has 2 aromatic heterocycles. The van der Waals surface area contributed by atoms with Gasteiger partial charge in [-0.1, -0.05) is 42.4 Å². The van der Waals surface area contributed by atoms with Crippen LogP contribution in [0, 0.1) is 5.82 Å². The number of aromatic nitrogens is 2. The summed E-state index contributed by atoms with van der Waals surface area (Å²) in [6, 6.07) is 8.50. The van der Waals surface area contributed by atoms with Crippen LogP contribution >= 0.6 is 34.7 Å². The van der Waals surface area contributed by atoms with Gasteiger partial charge in [-0.3, -0.25) is 0 Å². The summed E-state index contributed by atoms with van der Waals surface area (Å²) in [6.07, 6.45) is 0.968. The van der Waals surface area contributed by atoms with Gasteiger partial charge in [-0.05, 0) is 30.2 Å². The highest BCUT2D eigenvalue weighted by atomic mass is 35.5. The Hall–Kier alpha value is -1.17. The number of rotatable bonds is 4. The summed E-state index contributed by atoms with van der Waals surface area (Å²) in [5.41, 5.74) is 1.03. The predicted octanol–water partition coefficient (Wildman–Crippen LogP) is 5.34. The van der Waals surface area contributed by atoms with Crippen molar-refractivity contribution in [3.63, 3.8) is 0 Å². The molecule has 0 fully saturated rings. The van der Waals surface area contributed by atoms with Gasteiger partial charge in [-0.2, -0.15) is 0 Å². The first-order chi connectivity index (χ1) is 10.2. The standard InChI is InChI=1S/C15H12ClFN2S2/c1-2-11-7-12-13(16)18-15(19-14(12)21-11)20-8-9-3-5-10(17)6-4-9/h3-7H,2,8H2,1H3. The maximum atomic E-state index is 12.9. The fourth-order valence-corrected chi connectivity index (χ4v) is 4.04. The van der Waals surface area contributed by atoms with E-state index >= 15 is 0 Å². The molecular weight excluding hydrogens is 327 g/mol. The van der Waals surface area contributed by atoms with Crippen LogP contribution in [0.3, 0.4) is 0 Å². The van der Waals surface area contributed by atoms with E-state index in [2.05, 4.69) is 23.0 Å². The first-order valence-electron chi connectivity index (χ1n) is 6.49. The third kappa shape index (κ3) is 3.36. The summed E-state index contributed by atoms with van der Waals surface area (Å²) in [5.74, 6) is 0.462. The topological polar surface area (TPSA) is 25.8 Å². The van der Waals surface area contributed by atoms with Gasteiger partial charge >= 0.3 is 0 Å². The van der Waals surface area contributed by atoms with Gasteiger partial charge in [-0.15, -0.1) is 11.3 Å². The van der Waals surface area contributed by atoms with E-state index in [1.807, 2.05) is 0 Å². The van der Waals surface area contributed by atoms with Gasteiger partial charge in [0.1, 0.15) is 15.8 Å². The molecule has 0 atom stereocenters. The van der Waals surface area contributed by atoms with Crippen molar-refractivity contribution in [1.82, 2.24) is 9.97 Å². The third-order valence-corrected chi connectivity index (χ3v) is 5.39. The molecule has 0 unspecified atom stereocenters. The van der Waals surface area contributed by atoms with Crippen molar-refractivity contribution in [2.24, 2.45) is 0 Å². The molecule has 3 aromatic rings. The normalized spacial score (nSPS) is 11.2. The number of hydrogen-bond donors (Lipinski definition) is 0. The second kappa shape index (κ2) is 6.30. The van der Waals surface area contributed by atoms with Crippen molar-refractivity contribution in [1.29, 1.82) is 0 Å². The maximum absolute atomic E-state index is 12.9. The Bertz CT molecular complexity index is 771. The SMILES string of the molecule is CCc1cc2c(Cl)nc(SCc3ccc(F)cc3)nc2s1. The van der Waals surface area contributed by atoms with Gasteiger partial charge in [-0.25, -0.2) is 14.4 Å². The van der Waals surface area contributed by atoms with Gasteiger partial charge in [0.2, 0.25) is 0 Å². The molecule has 21 heavy (non-hydrogen) atoms. The lowest BCUT2D eigenvalue weighted by molar-refractivity contribution is 0.627. The quantitative estimate of drug-likeness (QED) is 0.365. The van der Waals surface area contributed by atoms with Crippen molar-refractivity contribution in [2.45, 2.75) is 24.3 Å². The molecule has 0 amide bonds. The number of thiophene rings is 1. The largest absolute Gasteiger partial charge is 0.211 e. The number of benzene rings is 1. The van der Waals surface area contributed by atoms with E-state index in [0.29, 0.717) is 16.1 Å². The van der Waals surface area contributed by atoms with Crippen LogP contribution in [0.2, 0.25) is 5.15 Å². The van der Waals surface area contributed by atoms with E-state index in [1.54, 1.807) is 23.5 Å². The Balaban J connectivity index is 1.82. The number of nitrogens with zero attached hydrogens (tertiary/aromatic N) is 2. The molecule has 2 nitrogen and oxygen atoms in total. The van der Waals surface area contributed by atoms with E-state index in [-0.39, 0.29) is 5.82 Å². The van der Waals surface area contributed by atoms with Crippen LogP contribution < -0.4 is 0 Å². The lowest BCUT2D eigenvalue weighted by Crippen LogP contribution is -1.89. The van der Waals surface area contributed by atoms with Gasteiger partial charge in [0, 0.05) is 16.0 Å². The second-order valence-electron chi connectivity index (χ2n) is 4.50. The minimum absolute atomic E-state index is 0.227.